The topological polar surface area (TPSA) is 118 Å². The molecule has 0 aliphatic carbocycles. The van der Waals surface area contributed by atoms with E-state index in [1.54, 1.807) is 19.3 Å². The van der Waals surface area contributed by atoms with Crippen LogP contribution in [0.25, 0.3) is 22.3 Å². The van der Waals surface area contributed by atoms with Gasteiger partial charge in [0.15, 0.2) is 21.5 Å². The number of fused-ring (bicyclic) bond motifs is 8. The maximum Gasteiger partial charge on any atom is 0.161 e. The summed E-state index contributed by atoms with van der Waals surface area (Å²) in [6.45, 7) is 5.88. The molecule has 1 aliphatic rings. The second kappa shape index (κ2) is 12.9. The van der Waals surface area contributed by atoms with Crippen LogP contribution in [0.3, 0.4) is 0 Å². The zero-order valence-electron chi connectivity index (χ0n) is 27.5. The molecule has 12 heteroatoms. The number of aliphatic hydroxyl groups is 1. The minimum absolute atomic E-state index is 0.00373. The minimum Gasteiger partial charge on any atom is -0.396 e. The Bertz CT molecular complexity index is 2140. The third kappa shape index (κ3) is 6.62. The number of hydrogen-bond donors (Lipinski definition) is 2. The summed E-state index contributed by atoms with van der Waals surface area (Å²) >= 11 is 0. The summed E-state index contributed by atoms with van der Waals surface area (Å²) in [4.78, 5) is 7.88. The van der Waals surface area contributed by atoms with Crippen molar-refractivity contribution in [2.24, 2.45) is 12.5 Å². The molecule has 3 heterocycles. The largest absolute Gasteiger partial charge is 0.396 e. The quantitative estimate of drug-likeness (QED) is 0.225. The van der Waals surface area contributed by atoms with Crippen molar-refractivity contribution >= 4 is 31.5 Å². The van der Waals surface area contributed by atoms with E-state index < -0.39 is 43.1 Å². The first-order valence-corrected chi connectivity index (χ1v) is 19.0. The summed E-state index contributed by atoms with van der Waals surface area (Å²) in [7, 11) is -4.07. The van der Waals surface area contributed by atoms with E-state index in [1.165, 1.54) is 28.9 Å². The van der Waals surface area contributed by atoms with Crippen molar-refractivity contribution in [3.63, 3.8) is 0 Å². The molecule has 4 bridgehead atoms. The van der Waals surface area contributed by atoms with Crippen molar-refractivity contribution in [2.75, 3.05) is 18.1 Å². The molecular weight excluding hydrogens is 655 g/mol. The molecule has 0 radical (unpaired) electrons. The van der Waals surface area contributed by atoms with E-state index in [4.69, 9.17) is 10.1 Å². The predicted molar refractivity (Wildman–Crippen MR) is 183 cm³/mol. The highest BCUT2D eigenvalue weighted by Crippen LogP contribution is 2.40. The van der Waals surface area contributed by atoms with E-state index in [-0.39, 0.29) is 45.7 Å². The molecule has 5 aromatic rings. The normalized spacial score (nSPS) is 21.4. The van der Waals surface area contributed by atoms with E-state index in [0.29, 0.717) is 48.0 Å². The van der Waals surface area contributed by atoms with E-state index in [1.807, 2.05) is 45.0 Å². The van der Waals surface area contributed by atoms with Gasteiger partial charge in [0, 0.05) is 35.6 Å². The summed E-state index contributed by atoms with van der Waals surface area (Å²) < 4.78 is 74.3. The summed E-state index contributed by atoms with van der Waals surface area (Å²) in [5.41, 5.74) is 1.42. The monoisotopic (exact) mass is 694 g/mol. The van der Waals surface area contributed by atoms with Crippen molar-refractivity contribution in [3.05, 3.63) is 94.9 Å². The Morgan fingerprint density at radius 1 is 1.04 bits per heavy atom. The van der Waals surface area contributed by atoms with Crippen LogP contribution >= 0.6 is 0 Å². The highest BCUT2D eigenvalue weighted by Gasteiger charge is 2.36. The lowest BCUT2D eigenvalue weighted by Gasteiger charge is -2.30. The molecule has 254 valence electrons. The van der Waals surface area contributed by atoms with Gasteiger partial charge in [0.1, 0.15) is 11.6 Å². The molecule has 1 unspecified atom stereocenters. The number of sulfone groups is 1. The van der Waals surface area contributed by atoms with Gasteiger partial charge in [-0.3, -0.25) is 0 Å². The zero-order chi connectivity index (χ0) is 34.4. The minimum atomic E-state index is -3.62. The van der Waals surface area contributed by atoms with Crippen LogP contribution in [0, 0.1) is 17.0 Å². The number of hydrogen-bond acceptors (Lipinski definition) is 6. The summed E-state index contributed by atoms with van der Waals surface area (Å²) in [5, 5.41) is 15.0. The highest BCUT2D eigenvalue weighted by molar-refractivity contribution is 7.91. The van der Waals surface area contributed by atoms with Crippen LogP contribution in [-0.2, 0) is 45.9 Å². The van der Waals surface area contributed by atoms with Crippen LogP contribution in [-0.4, -0.2) is 55.6 Å². The fourth-order valence-electron chi connectivity index (χ4n) is 6.94. The number of halogens is 2. The molecular formula is C36H40F2N4O4S2. The predicted octanol–water partition coefficient (Wildman–Crippen LogP) is 6.42. The van der Waals surface area contributed by atoms with Gasteiger partial charge >= 0.3 is 0 Å². The molecule has 2 aromatic heterocycles. The molecule has 8 nitrogen and oxygen atoms in total. The Morgan fingerprint density at radius 3 is 2.60 bits per heavy atom. The van der Waals surface area contributed by atoms with Gasteiger partial charge in [-0.2, -0.15) is 5.10 Å². The standard InChI is InChI=1S/C36H40F2N4O4S2/c1-35(2)14-6-15-36(3,24-8-5-7-23(19-24)12-17-43)34-40-33(42(4)41-34)28-20-25(9-10-29(28)37)47(44)32-27(13-18-48(45,46)22-35)26-11-16-39-31(26)21-30(32)38/h5,7-11,16,19-21,39,43H,6,12-15,17-18,22H2,1-4H3/t36-,47?/m1/s1. The van der Waals surface area contributed by atoms with Crippen LogP contribution < -0.4 is 0 Å². The van der Waals surface area contributed by atoms with Gasteiger partial charge in [-0.25, -0.2) is 31.1 Å². The second-order valence-electron chi connectivity index (χ2n) is 13.8. The van der Waals surface area contributed by atoms with Crippen LogP contribution in [0.5, 0.6) is 0 Å². The first-order chi connectivity index (χ1) is 22.7. The molecule has 0 saturated heterocycles. The molecule has 0 fully saturated rings. The molecule has 0 amide bonds. The second-order valence-corrected chi connectivity index (χ2v) is 17.4. The lowest BCUT2D eigenvalue weighted by molar-refractivity contribution is 0.299. The Kier molecular flexibility index (Phi) is 9.20. The van der Waals surface area contributed by atoms with Crippen LogP contribution in [0.4, 0.5) is 8.78 Å². The third-order valence-electron chi connectivity index (χ3n) is 9.47. The van der Waals surface area contributed by atoms with Crippen LogP contribution in [0.2, 0.25) is 0 Å². The highest BCUT2D eigenvalue weighted by atomic mass is 32.2. The maximum atomic E-state index is 15.8. The maximum absolute atomic E-state index is 15.8. The number of benzene rings is 3. The Hall–Kier alpha value is -3.74. The number of aromatic amines is 1. The fraction of sp³-hybridized carbons (Fsp3) is 0.389. The lowest BCUT2D eigenvalue weighted by Crippen LogP contribution is -2.29. The molecule has 1 aliphatic heterocycles. The number of aromatic nitrogens is 4. The Balaban J connectivity index is 1.55. The average Bonchev–Trinajstić information content (AvgIpc) is 3.65. The zero-order valence-corrected chi connectivity index (χ0v) is 29.1. The number of aryl methyl sites for hydroxylation is 2. The molecule has 48 heavy (non-hydrogen) atoms. The number of aliphatic hydroxyl groups excluding tert-OH is 1. The van der Waals surface area contributed by atoms with Crippen LogP contribution in [0.1, 0.15) is 62.5 Å². The van der Waals surface area contributed by atoms with Crippen LogP contribution in [0.15, 0.2) is 70.6 Å². The first-order valence-electron chi connectivity index (χ1n) is 16.0. The van der Waals surface area contributed by atoms with Crippen molar-refractivity contribution in [2.45, 2.75) is 68.1 Å². The molecule has 0 spiro atoms. The van der Waals surface area contributed by atoms with Gasteiger partial charge in [0.2, 0.25) is 0 Å². The van der Waals surface area contributed by atoms with E-state index in [2.05, 4.69) is 4.98 Å². The number of nitrogens with one attached hydrogen (secondary N) is 1. The summed E-state index contributed by atoms with van der Waals surface area (Å²) in [6.07, 6.45) is 3.89. The van der Waals surface area contributed by atoms with Crippen molar-refractivity contribution in [1.82, 2.24) is 19.7 Å². The lowest BCUT2D eigenvalue weighted by atomic mass is 9.75. The SMILES string of the molecule is Cn1nc2nc1-c1cc(ccc1F)S(=O)c1c(F)cc3[nH]ccc3c1CCS(=O)(=O)CC(C)(C)CCC[C@]2(C)c1cccc(CCO)c1. The van der Waals surface area contributed by atoms with E-state index >= 15 is 8.78 Å². The Morgan fingerprint density at radius 2 is 1.83 bits per heavy atom. The fourth-order valence-corrected chi connectivity index (χ4v) is 10.3. The van der Waals surface area contributed by atoms with Crippen molar-refractivity contribution in [3.8, 4) is 11.4 Å². The van der Waals surface area contributed by atoms with Gasteiger partial charge in [-0.05, 0) is 85.0 Å². The third-order valence-corrected chi connectivity index (χ3v) is 13.0. The Labute approximate surface area is 282 Å². The van der Waals surface area contributed by atoms with Crippen molar-refractivity contribution in [1.29, 1.82) is 0 Å². The average molecular weight is 695 g/mol. The van der Waals surface area contributed by atoms with E-state index in [0.717, 1.165) is 11.1 Å². The van der Waals surface area contributed by atoms with Gasteiger partial charge < -0.3 is 10.1 Å². The first kappa shape index (κ1) is 34.1. The van der Waals surface area contributed by atoms with Crippen molar-refractivity contribution < 1.29 is 26.5 Å². The van der Waals surface area contributed by atoms with E-state index in [9.17, 15) is 17.7 Å². The van der Waals surface area contributed by atoms with Gasteiger partial charge in [-0.1, -0.05) is 44.5 Å². The smallest absolute Gasteiger partial charge is 0.161 e. The molecule has 6 rings (SSSR count). The molecule has 0 saturated carbocycles. The molecule has 2 N–H and O–H groups in total. The molecule has 2 atom stereocenters. The number of H-pyrrole nitrogens is 1. The summed E-state index contributed by atoms with van der Waals surface area (Å²) in [6, 6.07) is 14.8. The molecule has 3 aromatic carbocycles. The van der Waals surface area contributed by atoms with Gasteiger partial charge in [-0.15, -0.1) is 0 Å². The number of nitrogens with zero attached hydrogens (tertiary/aromatic N) is 3. The number of rotatable bonds is 3. The van der Waals surface area contributed by atoms with Gasteiger partial charge in [0.05, 0.1) is 38.2 Å². The summed E-state index contributed by atoms with van der Waals surface area (Å²) in [5.74, 6) is -0.976. The van der Waals surface area contributed by atoms with Gasteiger partial charge in [0.25, 0.3) is 0 Å².